The van der Waals surface area contributed by atoms with Crippen LogP contribution in [0.3, 0.4) is 0 Å². The highest BCUT2D eigenvalue weighted by Gasteiger charge is 2.38. The topological polar surface area (TPSA) is 55.8 Å². The molecule has 5 heteroatoms. The van der Waals surface area contributed by atoms with Crippen molar-refractivity contribution >= 4 is 12.1 Å². The summed E-state index contributed by atoms with van der Waals surface area (Å²) >= 11 is 0. The first kappa shape index (κ1) is 17.8. The fraction of sp³-hybridized carbons (Fsp3) is 0.875. The summed E-state index contributed by atoms with van der Waals surface area (Å²) in [4.78, 5) is 26.2. The van der Waals surface area contributed by atoms with Gasteiger partial charge < -0.3 is 14.4 Å². The van der Waals surface area contributed by atoms with Crippen LogP contribution in [0.5, 0.6) is 0 Å². The van der Waals surface area contributed by atoms with Crippen LogP contribution in [0.2, 0.25) is 0 Å². The van der Waals surface area contributed by atoms with E-state index >= 15 is 0 Å². The van der Waals surface area contributed by atoms with Gasteiger partial charge in [0.15, 0.2) is 0 Å². The van der Waals surface area contributed by atoms with Crippen molar-refractivity contribution in [3.8, 4) is 0 Å². The molecule has 0 radical (unpaired) electrons. The lowest BCUT2D eigenvalue weighted by molar-refractivity contribution is -0.151. The van der Waals surface area contributed by atoms with E-state index in [4.69, 9.17) is 9.47 Å². The minimum Gasteiger partial charge on any atom is -0.466 e. The van der Waals surface area contributed by atoms with Crippen LogP contribution >= 0.6 is 0 Å². The van der Waals surface area contributed by atoms with Gasteiger partial charge in [-0.2, -0.15) is 0 Å². The standard InChI is InChI=1S/C16H29NO4/c1-5-20-15(18)13-9-7-8-10-14(13)17(11-12(3)4)16(19)21-6-2/h12-14H,5-11H2,1-4H3. The number of rotatable bonds is 6. The summed E-state index contributed by atoms with van der Waals surface area (Å²) < 4.78 is 10.4. The first-order chi connectivity index (χ1) is 10.0. The van der Waals surface area contributed by atoms with Crippen LogP contribution in [0, 0.1) is 11.8 Å². The zero-order chi connectivity index (χ0) is 15.8. The molecule has 1 aliphatic rings. The van der Waals surface area contributed by atoms with Crippen LogP contribution in [0.25, 0.3) is 0 Å². The molecule has 21 heavy (non-hydrogen) atoms. The molecule has 1 aliphatic carbocycles. The molecule has 0 aromatic heterocycles. The van der Waals surface area contributed by atoms with Crippen molar-refractivity contribution in [2.75, 3.05) is 19.8 Å². The Balaban J connectivity index is 2.89. The Labute approximate surface area is 128 Å². The number of carbonyl (C=O) groups excluding carboxylic acids is 2. The van der Waals surface area contributed by atoms with E-state index in [1.54, 1.807) is 11.8 Å². The van der Waals surface area contributed by atoms with Gasteiger partial charge >= 0.3 is 12.1 Å². The number of amides is 1. The summed E-state index contributed by atoms with van der Waals surface area (Å²) in [7, 11) is 0. The van der Waals surface area contributed by atoms with Crippen LogP contribution < -0.4 is 0 Å². The maximum atomic E-state index is 12.3. The lowest BCUT2D eigenvalue weighted by atomic mass is 9.83. The van der Waals surface area contributed by atoms with E-state index in [9.17, 15) is 9.59 Å². The monoisotopic (exact) mass is 299 g/mol. The second-order valence-corrected chi connectivity index (χ2v) is 5.96. The Morgan fingerprint density at radius 2 is 1.71 bits per heavy atom. The van der Waals surface area contributed by atoms with E-state index in [1.165, 1.54) is 0 Å². The number of hydrogen-bond donors (Lipinski definition) is 0. The fourth-order valence-corrected chi connectivity index (χ4v) is 2.95. The smallest absolute Gasteiger partial charge is 0.410 e. The molecular weight excluding hydrogens is 270 g/mol. The van der Waals surface area contributed by atoms with Gasteiger partial charge in [0.25, 0.3) is 0 Å². The molecule has 0 aliphatic heterocycles. The average Bonchev–Trinajstić information content (AvgIpc) is 2.45. The Morgan fingerprint density at radius 3 is 2.29 bits per heavy atom. The normalized spacial score (nSPS) is 22.0. The molecule has 5 nitrogen and oxygen atoms in total. The molecule has 0 aromatic rings. The first-order valence-corrected chi connectivity index (χ1v) is 8.11. The third-order valence-electron chi connectivity index (χ3n) is 3.78. The van der Waals surface area contributed by atoms with Gasteiger partial charge in [-0.3, -0.25) is 4.79 Å². The third-order valence-corrected chi connectivity index (χ3v) is 3.78. The van der Waals surface area contributed by atoms with Crippen molar-refractivity contribution in [1.82, 2.24) is 4.90 Å². The van der Waals surface area contributed by atoms with Crippen molar-refractivity contribution in [1.29, 1.82) is 0 Å². The predicted octanol–water partition coefficient (Wildman–Crippen LogP) is 3.22. The van der Waals surface area contributed by atoms with Gasteiger partial charge in [-0.15, -0.1) is 0 Å². The summed E-state index contributed by atoms with van der Waals surface area (Å²) in [6.45, 7) is 9.08. The molecule has 1 rings (SSSR count). The molecule has 2 unspecified atom stereocenters. The summed E-state index contributed by atoms with van der Waals surface area (Å²) in [5.74, 6) is -0.0683. The molecule has 0 bridgehead atoms. The van der Waals surface area contributed by atoms with E-state index in [0.717, 1.165) is 25.7 Å². The number of carbonyl (C=O) groups is 2. The fourth-order valence-electron chi connectivity index (χ4n) is 2.95. The molecule has 0 spiro atoms. The van der Waals surface area contributed by atoms with E-state index < -0.39 is 0 Å². The molecule has 1 amide bonds. The molecule has 122 valence electrons. The summed E-state index contributed by atoms with van der Waals surface area (Å²) in [6.07, 6.45) is 3.37. The van der Waals surface area contributed by atoms with Crippen LogP contribution in [0.1, 0.15) is 53.4 Å². The van der Waals surface area contributed by atoms with Gasteiger partial charge in [-0.05, 0) is 32.6 Å². The van der Waals surface area contributed by atoms with Crippen LogP contribution in [0.15, 0.2) is 0 Å². The maximum absolute atomic E-state index is 12.3. The Morgan fingerprint density at radius 1 is 1.10 bits per heavy atom. The summed E-state index contributed by atoms with van der Waals surface area (Å²) in [6, 6.07) is -0.0979. The first-order valence-electron chi connectivity index (χ1n) is 8.11. The second kappa shape index (κ2) is 8.90. The van der Waals surface area contributed by atoms with Crippen LogP contribution in [0.4, 0.5) is 4.79 Å². The molecule has 1 fully saturated rings. The van der Waals surface area contributed by atoms with E-state index in [1.807, 2.05) is 6.92 Å². The minimum atomic E-state index is -0.313. The summed E-state index contributed by atoms with van der Waals surface area (Å²) in [5, 5.41) is 0. The molecule has 2 atom stereocenters. The van der Waals surface area contributed by atoms with Crippen LogP contribution in [-0.4, -0.2) is 42.8 Å². The van der Waals surface area contributed by atoms with Gasteiger partial charge in [-0.25, -0.2) is 4.79 Å². The molecule has 1 saturated carbocycles. The van der Waals surface area contributed by atoms with E-state index in [-0.39, 0.29) is 24.0 Å². The van der Waals surface area contributed by atoms with Crippen molar-refractivity contribution in [3.63, 3.8) is 0 Å². The Bertz CT molecular complexity index is 343. The van der Waals surface area contributed by atoms with Crippen molar-refractivity contribution < 1.29 is 19.1 Å². The zero-order valence-corrected chi connectivity index (χ0v) is 13.8. The third kappa shape index (κ3) is 5.21. The van der Waals surface area contributed by atoms with Crippen molar-refractivity contribution in [2.24, 2.45) is 11.8 Å². The van der Waals surface area contributed by atoms with Gasteiger partial charge in [0.1, 0.15) is 0 Å². The Kier molecular flexibility index (Phi) is 7.54. The summed E-state index contributed by atoms with van der Waals surface area (Å²) in [5.41, 5.74) is 0. The van der Waals surface area contributed by atoms with Gasteiger partial charge in [0.05, 0.1) is 19.1 Å². The number of ether oxygens (including phenoxy) is 2. The van der Waals surface area contributed by atoms with Gasteiger partial charge in [-0.1, -0.05) is 26.7 Å². The minimum absolute atomic E-state index is 0.0979. The lowest BCUT2D eigenvalue weighted by Crippen LogP contribution is -2.50. The van der Waals surface area contributed by atoms with E-state index in [0.29, 0.717) is 25.7 Å². The highest BCUT2D eigenvalue weighted by molar-refractivity contribution is 5.75. The SMILES string of the molecule is CCOC(=O)C1CCCCC1N(CC(C)C)C(=O)OCC. The maximum Gasteiger partial charge on any atom is 0.410 e. The van der Waals surface area contributed by atoms with Gasteiger partial charge in [0, 0.05) is 12.6 Å². The number of hydrogen-bond acceptors (Lipinski definition) is 4. The quantitative estimate of drug-likeness (QED) is 0.707. The predicted molar refractivity (Wildman–Crippen MR) is 80.9 cm³/mol. The van der Waals surface area contributed by atoms with Gasteiger partial charge in [0.2, 0.25) is 0 Å². The molecule has 0 aromatic carbocycles. The zero-order valence-electron chi connectivity index (χ0n) is 13.8. The molecule has 0 heterocycles. The highest BCUT2D eigenvalue weighted by atomic mass is 16.6. The molecular formula is C16H29NO4. The lowest BCUT2D eigenvalue weighted by Gasteiger charge is -2.38. The van der Waals surface area contributed by atoms with E-state index in [2.05, 4.69) is 13.8 Å². The van der Waals surface area contributed by atoms with Crippen molar-refractivity contribution in [2.45, 2.75) is 59.4 Å². The number of nitrogens with zero attached hydrogens (tertiary/aromatic N) is 1. The van der Waals surface area contributed by atoms with Crippen molar-refractivity contribution in [3.05, 3.63) is 0 Å². The van der Waals surface area contributed by atoms with Crippen LogP contribution in [-0.2, 0) is 14.3 Å². The molecule has 0 saturated heterocycles. The molecule has 0 N–H and O–H groups in total. The highest BCUT2D eigenvalue weighted by Crippen LogP contribution is 2.30. The second-order valence-electron chi connectivity index (χ2n) is 5.96. The largest absolute Gasteiger partial charge is 0.466 e. The average molecular weight is 299 g/mol. The Hall–Kier alpha value is -1.26. The number of esters is 1.